The quantitative estimate of drug-likeness (QED) is 0.861. The van der Waals surface area contributed by atoms with Gasteiger partial charge < -0.3 is 14.6 Å². The lowest BCUT2D eigenvalue weighted by Crippen LogP contribution is -2.16. The van der Waals surface area contributed by atoms with Gasteiger partial charge in [-0.15, -0.1) is 0 Å². The molecule has 1 aliphatic heterocycles. The lowest BCUT2D eigenvalue weighted by Gasteiger charge is -2.22. The summed E-state index contributed by atoms with van der Waals surface area (Å²) in [6, 6.07) is 7.33. The molecule has 0 radical (unpaired) electrons. The monoisotopic (exact) mass is 372 g/mol. The number of hydrogen-bond acceptors (Lipinski definition) is 3. The second-order valence-corrected chi connectivity index (χ2v) is 5.85. The topological polar surface area (TPSA) is 38.7 Å². The third kappa shape index (κ3) is 2.86. The predicted molar refractivity (Wildman–Crippen MR) is 80.6 cm³/mol. The molecule has 0 amide bonds. The number of hydrogen-bond donors (Lipinski definition) is 1. The first kappa shape index (κ1) is 14.6. The maximum Gasteiger partial charge on any atom is 0.162 e. The third-order valence-electron chi connectivity index (χ3n) is 3.21. The zero-order chi connectivity index (χ0) is 15.0. The van der Waals surface area contributed by atoms with Crippen LogP contribution in [0.3, 0.4) is 0 Å². The predicted octanol–water partition coefficient (Wildman–Crippen LogP) is 4.09. The van der Waals surface area contributed by atoms with E-state index in [-0.39, 0.29) is 5.02 Å². The Hall–Kier alpha value is -1.30. The van der Waals surface area contributed by atoms with Gasteiger partial charge in [0.1, 0.15) is 25.1 Å². The standard InChI is InChI=1S/C15H11BrClFO3/c16-11-7-14-13(20-3-4-21-14)6-10(11)15(19)9-2-1-8(18)5-12(9)17/h1-2,5-7,15,19H,3-4H2. The summed E-state index contributed by atoms with van der Waals surface area (Å²) in [5.41, 5.74) is 1.00. The minimum absolute atomic E-state index is 0.171. The van der Waals surface area contributed by atoms with E-state index in [0.717, 1.165) is 0 Å². The second-order valence-electron chi connectivity index (χ2n) is 4.59. The van der Waals surface area contributed by atoms with E-state index in [9.17, 15) is 9.50 Å². The molecule has 1 aliphatic rings. The summed E-state index contributed by atoms with van der Waals surface area (Å²) >= 11 is 9.40. The van der Waals surface area contributed by atoms with Crippen molar-refractivity contribution in [1.29, 1.82) is 0 Å². The Balaban J connectivity index is 2.03. The fourth-order valence-electron chi connectivity index (χ4n) is 2.18. The first-order chi connectivity index (χ1) is 10.1. The third-order valence-corrected chi connectivity index (χ3v) is 4.23. The van der Waals surface area contributed by atoms with Gasteiger partial charge in [0.15, 0.2) is 11.5 Å². The Bertz CT molecular complexity index is 693. The average Bonchev–Trinajstić information content (AvgIpc) is 2.46. The van der Waals surface area contributed by atoms with Gasteiger partial charge >= 0.3 is 0 Å². The minimum atomic E-state index is -0.997. The molecule has 0 bridgehead atoms. The summed E-state index contributed by atoms with van der Waals surface area (Å²) in [4.78, 5) is 0. The molecule has 1 atom stereocenters. The van der Waals surface area contributed by atoms with E-state index in [1.54, 1.807) is 12.1 Å². The molecule has 3 nitrogen and oxygen atoms in total. The van der Waals surface area contributed by atoms with Gasteiger partial charge in [-0.05, 0) is 24.3 Å². The van der Waals surface area contributed by atoms with Crippen molar-refractivity contribution in [3.63, 3.8) is 0 Å². The molecule has 0 saturated heterocycles. The van der Waals surface area contributed by atoms with Crippen molar-refractivity contribution >= 4 is 27.5 Å². The molecule has 6 heteroatoms. The van der Waals surface area contributed by atoms with E-state index in [4.69, 9.17) is 21.1 Å². The number of fused-ring (bicyclic) bond motifs is 1. The van der Waals surface area contributed by atoms with Crippen molar-refractivity contribution in [3.8, 4) is 11.5 Å². The van der Waals surface area contributed by atoms with Crippen molar-refractivity contribution in [2.45, 2.75) is 6.10 Å². The molecule has 2 aromatic carbocycles. The molecule has 1 unspecified atom stereocenters. The summed E-state index contributed by atoms with van der Waals surface area (Å²) in [5, 5.41) is 10.7. The number of aliphatic hydroxyl groups excluding tert-OH is 1. The van der Waals surface area contributed by atoms with E-state index >= 15 is 0 Å². The molecule has 110 valence electrons. The Morgan fingerprint density at radius 3 is 2.43 bits per heavy atom. The van der Waals surface area contributed by atoms with Crippen LogP contribution in [0.5, 0.6) is 11.5 Å². The molecule has 0 aliphatic carbocycles. The van der Waals surface area contributed by atoms with Gasteiger partial charge in [-0.3, -0.25) is 0 Å². The van der Waals surface area contributed by atoms with E-state index in [2.05, 4.69) is 15.9 Å². The highest BCUT2D eigenvalue weighted by atomic mass is 79.9. The zero-order valence-corrected chi connectivity index (χ0v) is 13.1. The summed E-state index contributed by atoms with van der Waals surface area (Å²) in [6.07, 6.45) is -0.997. The Labute approximate surface area is 134 Å². The smallest absolute Gasteiger partial charge is 0.162 e. The lowest BCUT2D eigenvalue weighted by molar-refractivity contribution is 0.169. The number of aliphatic hydroxyl groups is 1. The van der Waals surface area contributed by atoms with Gasteiger partial charge in [-0.2, -0.15) is 0 Å². The minimum Gasteiger partial charge on any atom is -0.486 e. The SMILES string of the molecule is OC(c1ccc(F)cc1Cl)c1cc2c(cc1Br)OCCO2. The van der Waals surface area contributed by atoms with Crippen LogP contribution in [0, 0.1) is 5.82 Å². The van der Waals surface area contributed by atoms with Gasteiger partial charge in [-0.25, -0.2) is 4.39 Å². The largest absolute Gasteiger partial charge is 0.486 e. The molecule has 1 heterocycles. The summed E-state index contributed by atoms with van der Waals surface area (Å²) in [6.45, 7) is 0.951. The van der Waals surface area contributed by atoms with Crippen LogP contribution >= 0.6 is 27.5 Å². The van der Waals surface area contributed by atoms with Crippen LogP contribution in [0.1, 0.15) is 17.2 Å². The first-order valence-electron chi connectivity index (χ1n) is 6.28. The van der Waals surface area contributed by atoms with E-state index in [1.807, 2.05) is 0 Å². The molecule has 1 N–H and O–H groups in total. The maximum atomic E-state index is 13.1. The van der Waals surface area contributed by atoms with Gasteiger partial charge in [-0.1, -0.05) is 33.6 Å². The summed E-state index contributed by atoms with van der Waals surface area (Å²) in [7, 11) is 0. The van der Waals surface area contributed by atoms with Gasteiger partial charge in [0.25, 0.3) is 0 Å². The summed E-state index contributed by atoms with van der Waals surface area (Å²) in [5.74, 6) is 0.739. The summed E-state index contributed by atoms with van der Waals surface area (Å²) < 4.78 is 24.7. The van der Waals surface area contributed by atoms with Crippen LogP contribution in [0.15, 0.2) is 34.8 Å². The van der Waals surface area contributed by atoms with Crippen LogP contribution in [0.4, 0.5) is 4.39 Å². The molecule has 21 heavy (non-hydrogen) atoms. The second kappa shape index (κ2) is 5.83. The maximum absolute atomic E-state index is 13.1. The Morgan fingerprint density at radius 2 is 1.76 bits per heavy atom. The molecule has 0 spiro atoms. The highest BCUT2D eigenvalue weighted by molar-refractivity contribution is 9.10. The van der Waals surface area contributed by atoms with E-state index in [1.165, 1.54) is 18.2 Å². The Kier molecular flexibility index (Phi) is 4.06. The van der Waals surface area contributed by atoms with Crippen LogP contribution in [-0.2, 0) is 0 Å². The molecule has 0 aromatic heterocycles. The highest BCUT2D eigenvalue weighted by Gasteiger charge is 2.21. The van der Waals surface area contributed by atoms with E-state index in [0.29, 0.717) is 40.3 Å². The Morgan fingerprint density at radius 1 is 1.10 bits per heavy atom. The van der Waals surface area contributed by atoms with Gasteiger partial charge in [0.2, 0.25) is 0 Å². The normalized spacial score (nSPS) is 14.9. The van der Waals surface area contributed by atoms with E-state index < -0.39 is 11.9 Å². The number of benzene rings is 2. The van der Waals surface area contributed by atoms with Crippen LogP contribution in [0.25, 0.3) is 0 Å². The van der Waals surface area contributed by atoms with Crippen molar-refractivity contribution in [1.82, 2.24) is 0 Å². The molecule has 3 rings (SSSR count). The molecular weight excluding hydrogens is 363 g/mol. The van der Waals surface area contributed by atoms with Crippen molar-refractivity contribution in [3.05, 3.63) is 56.8 Å². The van der Waals surface area contributed by atoms with Gasteiger partial charge in [0.05, 0.1) is 0 Å². The van der Waals surface area contributed by atoms with Crippen LogP contribution in [0.2, 0.25) is 5.02 Å². The molecule has 0 fully saturated rings. The fraction of sp³-hybridized carbons (Fsp3) is 0.200. The first-order valence-corrected chi connectivity index (χ1v) is 7.45. The lowest BCUT2D eigenvalue weighted by atomic mass is 10.0. The number of ether oxygens (including phenoxy) is 2. The van der Waals surface area contributed by atoms with Crippen LogP contribution in [-0.4, -0.2) is 18.3 Å². The molecular formula is C15H11BrClFO3. The van der Waals surface area contributed by atoms with Crippen molar-refractivity contribution in [2.24, 2.45) is 0 Å². The fourth-order valence-corrected chi connectivity index (χ4v) is 2.99. The molecule has 2 aromatic rings. The zero-order valence-electron chi connectivity index (χ0n) is 10.8. The highest BCUT2D eigenvalue weighted by Crippen LogP contribution is 2.40. The van der Waals surface area contributed by atoms with Crippen LogP contribution < -0.4 is 9.47 Å². The van der Waals surface area contributed by atoms with Crippen molar-refractivity contribution < 1.29 is 19.0 Å². The number of halogens is 3. The molecule has 0 saturated carbocycles. The van der Waals surface area contributed by atoms with Gasteiger partial charge in [0, 0.05) is 20.6 Å². The van der Waals surface area contributed by atoms with Crippen molar-refractivity contribution in [2.75, 3.05) is 13.2 Å². The average molecular weight is 374 g/mol. The number of rotatable bonds is 2.